The Bertz CT molecular complexity index is 678. The molecule has 0 aliphatic carbocycles. The monoisotopic (exact) mass is 357 g/mol. The van der Waals surface area contributed by atoms with E-state index < -0.39 is 10.0 Å². The van der Waals surface area contributed by atoms with Gasteiger partial charge in [0, 0.05) is 30.1 Å². The standard InChI is InChI=1S/C15H20ClN3O3S/c16-12-1-3-14(4-2-12)23(21,22)19-9-13(10-19)18-7-5-11(6-8-18)15(17)20/h1-4,11,13H,5-10H2,(H2,17,20). The van der Waals surface area contributed by atoms with Crippen molar-refractivity contribution < 1.29 is 13.2 Å². The maximum absolute atomic E-state index is 12.5. The van der Waals surface area contributed by atoms with Crippen molar-refractivity contribution in [3.05, 3.63) is 29.3 Å². The van der Waals surface area contributed by atoms with Crippen LogP contribution in [0.4, 0.5) is 0 Å². The summed E-state index contributed by atoms with van der Waals surface area (Å²) in [4.78, 5) is 13.7. The Kier molecular flexibility index (Phi) is 4.64. The molecule has 3 rings (SSSR count). The van der Waals surface area contributed by atoms with E-state index in [9.17, 15) is 13.2 Å². The molecular weight excluding hydrogens is 338 g/mol. The number of rotatable bonds is 4. The molecule has 0 radical (unpaired) electrons. The van der Waals surface area contributed by atoms with Gasteiger partial charge in [0.25, 0.3) is 0 Å². The molecule has 0 saturated carbocycles. The van der Waals surface area contributed by atoms with Crippen LogP contribution in [-0.2, 0) is 14.8 Å². The fraction of sp³-hybridized carbons (Fsp3) is 0.533. The van der Waals surface area contributed by atoms with Crippen molar-refractivity contribution in [3.8, 4) is 0 Å². The number of likely N-dealkylation sites (tertiary alicyclic amines) is 1. The minimum Gasteiger partial charge on any atom is -0.369 e. The fourth-order valence-corrected chi connectivity index (χ4v) is 4.79. The molecule has 0 aromatic heterocycles. The van der Waals surface area contributed by atoms with E-state index in [-0.39, 0.29) is 22.8 Å². The van der Waals surface area contributed by atoms with Gasteiger partial charge in [-0.2, -0.15) is 4.31 Å². The van der Waals surface area contributed by atoms with Crippen LogP contribution < -0.4 is 5.73 Å². The van der Waals surface area contributed by atoms with E-state index in [4.69, 9.17) is 17.3 Å². The van der Waals surface area contributed by atoms with E-state index >= 15 is 0 Å². The van der Waals surface area contributed by atoms with Gasteiger partial charge in [0.15, 0.2) is 0 Å². The highest BCUT2D eigenvalue weighted by Gasteiger charge is 2.40. The molecule has 2 fully saturated rings. The molecule has 2 aliphatic rings. The molecule has 0 unspecified atom stereocenters. The Morgan fingerprint density at radius 2 is 1.70 bits per heavy atom. The molecule has 2 N–H and O–H groups in total. The van der Waals surface area contributed by atoms with Gasteiger partial charge in [0.1, 0.15) is 0 Å². The Labute approximate surface area is 141 Å². The first-order valence-electron chi connectivity index (χ1n) is 7.67. The van der Waals surface area contributed by atoms with Crippen molar-refractivity contribution in [2.45, 2.75) is 23.8 Å². The van der Waals surface area contributed by atoms with Crippen molar-refractivity contribution in [2.24, 2.45) is 11.7 Å². The predicted molar refractivity (Wildman–Crippen MR) is 87.5 cm³/mol. The Hall–Kier alpha value is -1.15. The predicted octanol–water partition coefficient (Wildman–Crippen LogP) is 0.910. The molecule has 1 aromatic carbocycles. The van der Waals surface area contributed by atoms with Gasteiger partial charge in [0.2, 0.25) is 15.9 Å². The van der Waals surface area contributed by atoms with Crippen LogP contribution in [0.15, 0.2) is 29.2 Å². The van der Waals surface area contributed by atoms with Crippen molar-refractivity contribution >= 4 is 27.5 Å². The number of benzene rings is 1. The number of piperidine rings is 1. The van der Waals surface area contributed by atoms with Crippen LogP contribution in [0, 0.1) is 5.92 Å². The van der Waals surface area contributed by atoms with E-state index in [1.54, 1.807) is 12.1 Å². The van der Waals surface area contributed by atoms with Gasteiger partial charge in [-0.15, -0.1) is 0 Å². The molecule has 8 heteroatoms. The van der Waals surface area contributed by atoms with E-state index in [0.29, 0.717) is 18.1 Å². The number of primary amides is 1. The van der Waals surface area contributed by atoms with Crippen molar-refractivity contribution in [2.75, 3.05) is 26.2 Å². The summed E-state index contributed by atoms with van der Waals surface area (Å²) >= 11 is 5.80. The van der Waals surface area contributed by atoms with Crippen LogP contribution in [0.3, 0.4) is 0 Å². The number of amides is 1. The van der Waals surface area contributed by atoms with Crippen LogP contribution in [0.1, 0.15) is 12.8 Å². The number of hydrogen-bond acceptors (Lipinski definition) is 4. The minimum atomic E-state index is -3.44. The first-order valence-corrected chi connectivity index (χ1v) is 9.49. The zero-order chi connectivity index (χ0) is 16.6. The van der Waals surface area contributed by atoms with Crippen LogP contribution in [0.5, 0.6) is 0 Å². The molecule has 0 bridgehead atoms. The maximum atomic E-state index is 12.5. The van der Waals surface area contributed by atoms with Gasteiger partial charge < -0.3 is 5.73 Å². The second kappa shape index (κ2) is 6.39. The van der Waals surface area contributed by atoms with Gasteiger partial charge in [-0.1, -0.05) is 11.6 Å². The Balaban J connectivity index is 1.57. The topological polar surface area (TPSA) is 83.7 Å². The maximum Gasteiger partial charge on any atom is 0.243 e. The summed E-state index contributed by atoms with van der Waals surface area (Å²) < 4.78 is 26.5. The number of carbonyl (C=O) groups excluding carboxylic acids is 1. The van der Waals surface area contributed by atoms with Gasteiger partial charge in [0.05, 0.1) is 4.90 Å². The molecule has 1 amide bonds. The van der Waals surface area contributed by atoms with Gasteiger partial charge >= 0.3 is 0 Å². The highest BCUT2D eigenvalue weighted by atomic mass is 35.5. The number of sulfonamides is 1. The quantitative estimate of drug-likeness (QED) is 0.868. The van der Waals surface area contributed by atoms with E-state index in [1.165, 1.54) is 16.4 Å². The van der Waals surface area contributed by atoms with Crippen molar-refractivity contribution in [1.82, 2.24) is 9.21 Å². The smallest absolute Gasteiger partial charge is 0.243 e. The van der Waals surface area contributed by atoms with Crippen molar-refractivity contribution in [3.63, 3.8) is 0 Å². The summed E-state index contributed by atoms with van der Waals surface area (Å²) in [5.41, 5.74) is 5.33. The minimum absolute atomic E-state index is 0.0415. The van der Waals surface area contributed by atoms with Crippen LogP contribution in [0.2, 0.25) is 5.02 Å². The lowest BCUT2D eigenvalue weighted by Crippen LogP contribution is -2.62. The van der Waals surface area contributed by atoms with Crippen LogP contribution >= 0.6 is 11.6 Å². The highest BCUT2D eigenvalue weighted by Crippen LogP contribution is 2.28. The summed E-state index contributed by atoms with van der Waals surface area (Å²) in [7, 11) is -3.44. The number of hydrogen-bond donors (Lipinski definition) is 1. The number of nitrogens with two attached hydrogens (primary N) is 1. The molecule has 0 spiro atoms. The third kappa shape index (κ3) is 3.38. The van der Waals surface area contributed by atoms with E-state index in [1.807, 2.05) is 0 Å². The van der Waals surface area contributed by atoms with Crippen LogP contribution in [-0.4, -0.2) is 55.8 Å². The molecular formula is C15H20ClN3O3S. The third-order valence-corrected chi connectivity index (χ3v) is 6.83. The zero-order valence-corrected chi connectivity index (χ0v) is 14.3. The number of halogens is 1. The summed E-state index contributed by atoms with van der Waals surface area (Å²) in [6, 6.07) is 6.46. The number of nitrogens with zero attached hydrogens (tertiary/aromatic N) is 2. The first-order chi connectivity index (χ1) is 10.9. The van der Waals surface area contributed by atoms with Crippen LogP contribution in [0.25, 0.3) is 0 Å². The summed E-state index contributed by atoms with van der Waals surface area (Å²) in [5, 5.41) is 0.516. The summed E-state index contributed by atoms with van der Waals surface area (Å²) in [5.74, 6) is -0.273. The fourth-order valence-electron chi connectivity index (χ4n) is 3.15. The lowest BCUT2D eigenvalue weighted by atomic mass is 9.94. The second-order valence-electron chi connectivity index (χ2n) is 6.14. The molecule has 6 nitrogen and oxygen atoms in total. The molecule has 0 atom stereocenters. The van der Waals surface area contributed by atoms with E-state index in [2.05, 4.69) is 4.90 Å². The summed E-state index contributed by atoms with van der Waals surface area (Å²) in [6.45, 7) is 2.58. The third-order valence-electron chi connectivity index (χ3n) is 4.73. The Morgan fingerprint density at radius 3 is 2.22 bits per heavy atom. The van der Waals surface area contributed by atoms with Gasteiger partial charge in [-0.3, -0.25) is 9.69 Å². The molecule has 126 valence electrons. The highest BCUT2D eigenvalue weighted by molar-refractivity contribution is 7.89. The zero-order valence-electron chi connectivity index (χ0n) is 12.7. The molecule has 2 aliphatic heterocycles. The average molecular weight is 358 g/mol. The van der Waals surface area contributed by atoms with Gasteiger partial charge in [-0.05, 0) is 50.2 Å². The SMILES string of the molecule is NC(=O)C1CCN(C2CN(S(=O)(=O)c3ccc(Cl)cc3)C2)CC1. The molecule has 1 aromatic rings. The van der Waals surface area contributed by atoms with E-state index in [0.717, 1.165) is 25.9 Å². The number of carbonyl (C=O) groups is 1. The second-order valence-corrected chi connectivity index (χ2v) is 8.52. The largest absolute Gasteiger partial charge is 0.369 e. The molecule has 2 saturated heterocycles. The molecule has 2 heterocycles. The summed E-state index contributed by atoms with van der Waals surface area (Å²) in [6.07, 6.45) is 1.52. The first kappa shape index (κ1) is 16.7. The lowest BCUT2D eigenvalue weighted by molar-refractivity contribution is -0.123. The van der Waals surface area contributed by atoms with Crippen molar-refractivity contribution in [1.29, 1.82) is 0 Å². The average Bonchev–Trinajstić information content (AvgIpc) is 2.46. The lowest BCUT2D eigenvalue weighted by Gasteiger charge is -2.46. The normalized spacial score (nSPS) is 22.0. The van der Waals surface area contributed by atoms with Gasteiger partial charge in [-0.25, -0.2) is 8.42 Å². The molecule has 23 heavy (non-hydrogen) atoms. The Morgan fingerprint density at radius 1 is 1.13 bits per heavy atom.